The van der Waals surface area contributed by atoms with Crippen LogP contribution in [0.2, 0.25) is 5.15 Å². The summed E-state index contributed by atoms with van der Waals surface area (Å²) in [5.41, 5.74) is 5.55. The van der Waals surface area contributed by atoms with Crippen molar-refractivity contribution < 1.29 is 0 Å². The van der Waals surface area contributed by atoms with Crippen LogP contribution in [-0.4, -0.2) is 23.1 Å². The first-order chi connectivity index (χ1) is 7.02. The van der Waals surface area contributed by atoms with E-state index in [-0.39, 0.29) is 5.95 Å². The van der Waals surface area contributed by atoms with Gasteiger partial charge in [0.25, 0.3) is 0 Å². The molecule has 0 radical (unpaired) electrons. The van der Waals surface area contributed by atoms with Crippen LogP contribution in [0.5, 0.6) is 0 Å². The molecule has 0 atom stereocenters. The molecule has 4 nitrogen and oxygen atoms in total. The van der Waals surface area contributed by atoms with Crippen molar-refractivity contribution in [2.45, 2.75) is 20.8 Å². The lowest BCUT2D eigenvalue weighted by molar-refractivity contribution is 0.614. The fourth-order valence-electron chi connectivity index (χ4n) is 1.41. The van der Waals surface area contributed by atoms with E-state index in [1.165, 1.54) is 0 Å². The van der Waals surface area contributed by atoms with E-state index in [4.69, 9.17) is 17.3 Å². The second-order valence-electron chi connectivity index (χ2n) is 3.84. The summed E-state index contributed by atoms with van der Waals surface area (Å²) in [5, 5.41) is 0.389. The van der Waals surface area contributed by atoms with Gasteiger partial charge in [-0.1, -0.05) is 25.4 Å². The van der Waals surface area contributed by atoms with Crippen LogP contribution in [0.25, 0.3) is 0 Å². The lowest BCUT2D eigenvalue weighted by Crippen LogP contribution is -2.28. The predicted molar refractivity (Wildman–Crippen MR) is 64.2 cm³/mol. The molecule has 0 fully saturated rings. The van der Waals surface area contributed by atoms with Gasteiger partial charge in [-0.15, -0.1) is 0 Å². The zero-order chi connectivity index (χ0) is 11.4. The van der Waals surface area contributed by atoms with Crippen molar-refractivity contribution >= 4 is 23.4 Å². The first kappa shape index (κ1) is 12.0. The molecule has 15 heavy (non-hydrogen) atoms. The van der Waals surface area contributed by atoms with Gasteiger partial charge in [0.2, 0.25) is 5.95 Å². The van der Waals surface area contributed by atoms with Crippen molar-refractivity contribution in [3.63, 3.8) is 0 Å². The lowest BCUT2D eigenvalue weighted by atomic mass is 10.2. The maximum Gasteiger partial charge on any atom is 0.223 e. The number of anilines is 2. The van der Waals surface area contributed by atoms with Gasteiger partial charge < -0.3 is 10.6 Å². The van der Waals surface area contributed by atoms with Gasteiger partial charge in [-0.3, -0.25) is 0 Å². The maximum absolute atomic E-state index is 5.83. The van der Waals surface area contributed by atoms with Gasteiger partial charge in [-0.2, -0.15) is 4.98 Å². The van der Waals surface area contributed by atoms with E-state index in [1.54, 1.807) is 6.07 Å². The zero-order valence-electron chi connectivity index (χ0n) is 9.37. The molecule has 0 spiro atoms. The zero-order valence-corrected chi connectivity index (χ0v) is 10.1. The Labute approximate surface area is 95.5 Å². The summed E-state index contributed by atoms with van der Waals surface area (Å²) < 4.78 is 0. The second-order valence-corrected chi connectivity index (χ2v) is 4.23. The second kappa shape index (κ2) is 5.16. The van der Waals surface area contributed by atoms with Gasteiger partial charge in [-0.25, -0.2) is 4.98 Å². The number of nitrogen functional groups attached to an aromatic ring is 1. The Balaban J connectivity index is 2.91. The minimum absolute atomic E-state index is 0.222. The Morgan fingerprint density at radius 3 is 2.60 bits per heavy atom. The fraction of sp³-hybridized carbons (Fsp3) is 0.600. The third-order valence-electron chi connectivity index (χ3n) is 1.99. The van der Waals surface area contributed by atoms with Gasteiger partial charge in [0.15, 0.2) is 0 Å². The molecule has 0 aliphatic carbocycles. The molecule has 1 rings (SSSR count). The normalized spacial score (nSPS) is 10.7. The summed E-state index contributed by atoms with van der Waals surface area (Å²) in [4.78, 5) is 10.1. The van der Waals surface area contributed by atoms with Gasteiger partial charge in [0.1, 0.15) is 11.0 Å². The molecular formula is C10H17ClN4. The molecule has 0 amide bonds. The molecular weight excluding hydrogens is 212 g/mol. The number of nitrogens with zero attached hydrogens (tertiary/aromatic N) is 3. The first-order valence-electron chi connectivity index (χ1n) is 5.08. The topological polar surface area (TPSA) is 55.0 Å². The molecule has 1 aromatic heterocycles. The molecule has 0 saturated carbocycles. The Morgan fingerprint density at radius 2 is 2.13 bits per heavy atom. The van der Waals surface area contributed by atoms with E-state index >= 15 is 0 Å². The summed E-state index contributed by atoms with van der Waals surface area (Å²) in [7, 11) is 0. The summed E-state index contributed by atoms with van der Waals surface area (Å²) in [6.07, 6.45) is 0. The molecule has 84 valence electrons. The number of nitrogens with two attached hydrogens (primary N) is 1. The smallest absolute Gasteiger partial charge is 0.223 e. The summed E-state index contributed by atoms with van der Waals surface area (Å²) in [6, 6.07) is 1.74. The first-order valence-corrected chi connectivity index (χ1v) is 5.45. The van der Waals surface area contributed by atoms with E-state index < -0.39 is 0 Å². The van der Waals surface area contributed by atoms with E-state index in [9.17, 15) is 0 Å². The molecule has 5 heteroatoms. The molecule has 1 aromatic rings. The van der Waals surface area contributed by atoms with Crippen molar-refractivity contribution in [3.05, 3.63) is 11.2 Å². The van der Waals surface area contributed by atoms with Crippen molar-refractivity contribution in [1.29, 1.82) is 0 Å². The van der Waals surface area contributed by atoms with Gasteiger partial charge in [0, 0.05) is 19.2 Å². The SMILES string of the molecule is CCN(CC(C)C)c1cc(Cl)nc(N)n1. The van der Waals surface area contributed by atoms with Crippen LogP contribution < -0.4 is 10.6 Å². The Bertz CT molecular complexity index is 307. The number of aromatic nitrogens is 2. The van der Waals surface area contributed by atoms with Crippen LogP contribution >= 0.6 is 11.6 Å². The van der Waals surface area contributed by atoms with Crippen molar-refractivity contribution in [2.24, 2.45) is 5.92 Å². The van der Waals surface area contributed by atoms with Gasteiger partial charge >= 0.3 is 0 Å². The predicted octanol–water partition coefficient (Wildman–Crippen LogP) is 2.19. The van der Waals surface area contributed by atoms with Crippen LogP contribution in [0.15, 0.2) is 6.07 Å². The Morgan fingerprint density at radius 1 is 1.47 bits per heavy atom. The third kappa shape index (κ3) is 3.55. The molecule has 0 aromatic carbocycles. The van der Waals surface area contributed by atoms with Crippen LogP contribution in [0.1, 0.15) is 20.8 Å². The van der Waals surface area contributed by atoms with Crippen molar-refractivity contribution in [3.8, 4) is 0 Å². The highest BCUT2D eigenvalue weighted by Crippen LogP contribution is 2.17. The number of hydrogen-bond acceptors (Lipinski definition) is 4. The van der Waals surface area contributed by atoms with Crippen LogP contribution in [-0.2, 0) is 0 Å². The van der Waals surface area contributed by atoms with E-state index in [0.29, 0.717) is 11.1 Å². The third-order valence-corrected chi connectivity index (χ3v) is 2.18. The van der Waals surface area contributed by atoms with Gasteiger partial charge in [-0.05, 0) is 12.8 Å². The number of rotatable bonds is 4. The van der Waals surface area contributed by atoms with Crippen molar-refractivity contribution in [1.82, 2.24) is 9.97 Å². The van der Waals surface area contributed by atoms with Crippen LogP contribution in [0.3, 0.4) is 0 Å². The van der Waals surface area contributed by atoms with Crippen LogP contribution in [0, 0.1) is 5.92 Å². The Hall–Kier alpha value is -1.03. The molecule has 0 bridgehead atoms. The van der Waals surface area contributed by atoms with Gasteiger partial charge in [0.05, 0.1) is 0 Å². The highest BCUT2D eigenvalue weighted by atomic mass is 35.5. The standard InChI is InChI=1S/C10H17ClN4/c1-4-15(6-7(2)3)9-5-8(11)13-10(12)14-9/h5,7H,4,6H2,1-3H3,(H2,12,13,14). The highest BCUT2D eigenvalue weighted by Gasteiger charge is 2.09. The quantitative estimate of drug-likeness (QED) is 0.803. The fourth-order valence-corrected chi connectivity index (χ4v) is 1.59. The average molecular weight is 229 g/mol. The molecule has 1 heterocycles. The number of halogens is 1. The lowest BCUT2D eigenvalue weighted by Gasteiger charge is -2.23. The van der Waals surface area contributed by atoms with E-state index in [0.717, 1.165) is 18.9 Å². The Kier molecular flexibility index (Phi) is 4.15. The molecule has 0 aliphatic heterocycles. The summed E-state index contributed by atoms with van der Waals surface area (Å²) in [6.45, 7) is 8.21. The molecule has 2 N–H and O–H groups in total. The minimum Gasteiger partial charge on any atom is -0.368 e. The highest BCUT2D eigenvalue weighted by molar-refractivity contribution is 6.29. The summed E-state index contributed by atoms with van der Waals surface area (Å²) >= 11 is 5.83. The van der Waals surface area contributed by atoms with Crippen molar-refractivity contribution in [2.75, 3.05) is 23.7 Å². The van der Waals surface area contributed by atoms with Crippen LogP contribution in [0.4, 0.5) is 11.8 Å². The monoisotopic (exact) mass is 228 g/mol. The largest absolute Gasteiger partial charge is 0.368 e. The van der Waals surface area contributed by atoms with E-state index in [1.807, 2.05) is 0 Å². The summed E-state index contributed by atoms with van der Waals surface area (Å²) in [5.74, 6) is 1.59. The van der Waals surface area contributed by atoms with E-state index in [2.05, 4.69) is 35.6 Å². The molecule has 0 unspecified atom stereocenters. The molecule has 0 saturated heterocycles. The average Bonchev–Trinajstić information content (AvgIpc) is 2.12. The number of hydrogen-bond donors (Lipinski definition) is 1. The molecule has 0 aliphatic rings. The maximum atomic E-state index is 5.83. The minimum atomic E-state index is 0.222.